The van der Waals surface area contributed by atoms with Crippen molar-refractivity contribution in [1.29, 1.82) is 0 Å². The van der Waals surface area contributed by atoms with Crippen molar-refractivity contribution >= 4 is 28.5 Å². The summed E-state index contributed by atoms with van der Waals surface area (Å²) < 4.78 is 0. The van der Waals surface area contributed by atoms with Gasteiger partial charge in [-0.2, -0.15) is 0 Å². The maximum Gasteiger partial charge on any atom is 0.336 e. The van der Waals surface area contributed by atoms with Gasteiger partial charge in [-0.15, -0.1) is 0 Å². The molecule has 0 fully saturated rings. The molecule has 1 heterocycles. The summed E-state index contributed by atoms with van der Waals surface area (Å²) in [4.78, 5) is 16.0. The SMILES string of the molecule is O=C(O)c1cc(-c2ccccc2)nc2cccc(Cl)c12. The van der Waals surface area contributed by atoms with Gasteiger partial charge in [-0.1, -0.05) is 48.0 Å². The van der Waals surface area contributed by atoms with Crippen molar-refractivity contribution in [3.8, 4) is 11.3 Å². The standard InChI is InChI=1S/C16H10ClNO2/c17-12-7-4-8-13-15(12)11(16(19)20)9-14(18-13)10-5-2-1-3-6-10/h1-9H,(H,19,20). The summed E-state index contributed by atoms with van der Waals surface area (Å²) in [5, 5.41) is 10.3. The monoisotopic (exact) mass is 283 g/mol. The van der Waals surface area contributed by atoms with E-state index in [1.165, 1.54) is 0 Å². The zero-order valence-electron chi connectivity index (χ0n) is 10.4. The van der Waals surface area contributed by atoms with E-state index in [9.17, 15) is 9.90 Å². The van der Waals surface area contributed by atoms with E-state index in [1.54, 1.807) is 24.3 Å². The Morgan fingerprint density at radius 1 is 1.05 bits per heavy atom. The van der Waals surface area contributed by atoms with Gasteiger partial charge in [-0.3, -0.25) is 0 Å². The minimum absolute atomic E-state index is 0.166. The van der Waals surface area contributed by atoms with Gasteiger partial charge in [-0.05, 0) is 18.2 Å². The van der Waals surface area contributed by atoms with Crippen LogP contribution in [0.5, 0.6) is 0 Å². The molecule has 0 saturated carbocycles. The Morgan fingerprint density at radius 3 is 2.50 bits per heavy atom. The molecule has 0 unspecified atom stereocenters. The summed E-state index contributed by atoms with van der Waals surface area (Å²) in [5.74, 6) is -1.01. The van der Waals surface area contributed by atoms with Gasteiger partial charge in [0.1, 0.15) is 0 Å². The van der Waals surface area contributed by atoms with Crippen LogP contribution in [0.3, 0.4) is 0 Å². The molecule has 0 aliphatic carbocycles. The highest BCUT2D eigenvalue weighted by molar-refractivity contribution is 6.36. The lowest BCUT2D eigenvalue weighted by molar-refractivity contribution is 0.0699. The van der Waals surface area contributed by atoms with E-state index in [-0.39, 0.29) is 5.56 Å². The zero-order valence-corrected chi connectivity index (χ0v) is 11.1. The number of rotatable bonds is 2. The minimum Gasteiger partial charge on any atom is -0.478 e. The van der Waals surface area contributed by atoms with Gasteiger partial charge in [0.05, 0.1) is 21.8 Å². The molecule has 20 heavy (non-hydrogen) atoms. The van der Waals surface area contributed by atoms with E-state index in [0.717, 1.165) is 5.56 Å². The molecule has 0 aliphatic heterocycles. The van der Waals surface area contributed by atoms with E-state index in [2.05, 4.69) is 4.98 Å². The lowest BCUT2D eigenvalue weighted by Crippen LogP contribution is -2.00. The van der Waals surface area contributed by atoms with Gasteiger partial charge in [-0.25, -0.2) is 9.78 Å². The molecule has 0 bridgehead atoms. The molecule has 1 N–H and O–H groups in total. The van der Waals surface area contributed by atoms with E-state index in [4.69, 9.17) is 11.6 Å². The Morgan fingerprint density at radius 2 is 1.80 bits per heavy atom. The lowest BCUT2D eigenvalue weighted by Gasteiger charge is -2.08. The summed E-state index contributed by atoms with van der Waals surface area (Å²) in [6.07, 6.45) is 0. The number of aromatic nitrogens is 1. The van der Waals surface area contributed by atoms with Crippen molar-refractivity contribution in [2.24, 2.45) is 0 Å². The molecular formula is C16H10ClNO2. The van der Waals surface area contributed by atoms with Gasteiger partial charge < -0.3 is 5.11 Å². The van der Waals surface area contributed by atoms with Crippen LogP contribution in [0.25, 0.3) is 22.2 Å². The van der Waals surface area contributed by atoms with Crippen molar-refractivity contribution in [3.63, 3.8) is 0 Å². The maximum atomic E-state index is 11.5. The van der Waals surface area contributed by atoms with Crippen LogP contribution in [0.15, 0.2) is 54.6 Å². The number of hydrogen-bond acceptors (Lipinski definition) is 2. The molecule has 3 rings (SSSR count). The zero-order chi connectivity index (χ0) is 14.1. The van der Waals surface area contributed by atoms with Crippen LogP contribution in [0.1, 0.15) is 10.4 Å². The molecule has 0 radical (unpaired) electrons. The van der Waals surface area contributed by atoms with Gasteiger partial charge >= 0.3 is 5.97 Å². The summed E-state index contributed by atoms with van der Waals surface area (Å²) >= 11 is 6.10. The number of benzene rings is 2. The predicted molar refractivity (Wildman–Crippen MR) is 79.1 cm³/mol. The second-order valence-corrected chi connectivity index (χ2v) is 4.77. The van der Waals surface area contributed by atoms with Gasteiger partial charge in [0.2, 0.25) is 0 Å². The second-order valence-electron chi connectivity index (χ2n) is 4.36. The van der Waals surface area contributed by atoms with Crippen LogP contribution in [0, 0.1) is 0 Å². The fraction of sp³-hybridized carbons (Fsp3) is 0. The minimum atomic E-state index is -1.01. The molecule has 4 heteroatoms. The highest BCUT2D eigenvalue weighted by Crippen LogP contribution is 2.29. The summed E-state index contributed by atoms with van der Waals surface area (Å²) in [6, 6.07) is 16.2. The number of fused-ring (bicyclic) bond motifs is 1. The smallest absolute Gasteiger partial charge is 0.336 e. The average Bonchev–Trinajstić information content (AvgIpc) is 2.47. The number of carboxylic acids is 1. The first-order valence-electron chi connectivity index (χ1n) is 6.05. The van der Waals surface area contributed by atoms with Crippen molar-refractivity contribution in [2.45, 2.75) is 0 Å². The average molecular weight is 284 g/mol. The topological polar surface area (TPSA) is 50.2 Å². The van der Waals surface area contributed by atoms with Crippen LogP contribution in [0.2, 0.25) is 5.02 Å². The number of pyridine rings is 1. The number of hydrogen-bond donors (Lipinski definition) is 1. The summed E-state index contributed by atoms with van der Waals surface area (Å²) in [6.45, 7) is 0. The van der Waals surface area contributed by atoms with Crippen molar-refractivity contribution in [3.05, 3.63) is 65.2 Å². The van der Waals surface area contributed by atoms with E-state index in [0.29, 0.717) is 21.6 Å². The van der Waals surface area contributed by atoms with Crippen LogP contribution >= 0.6 is 11.6 Å². The molecule has 0 aliphatic rings. The Balaban J connectivity index is 2.35. The summed E-state index contributed by atoms with van der Waals surface area (Å²) in [7, 11) is 0. The number of carboxylic acid groups (broad SMARTS) is 1. The van der Waals surface area contributed by atoms with Gasteiger partial charge in [0.25, 0.3) is 0 Å². The lowest BCUT2D eigenvalue weighted by atomic mass is 10.0. The number of nitrogens with zero attached hydrogens (tertiary/aromatic N) is 1. The number of carbonyl (C=O) groups is 1. The second kappa shape index (κ2) is 4.94. The highest BCUT2D eigenvalue weighted by atomic mass is 35.5. The Hall–Kier alpha value is -2.39. The Bertz CT molecular complexity index is 800. The maximum absolute atomic E-state index is 11.5. The number of halogens is 1. The first-order chi connectivity index (χ1) is 9.66. The molecule has 98 valence electrons. The molecule has 3 aromatic rings. The largest absolute Gasteiger partial charge is 0.478 e. The Kier molecular flexibility index (Phi) is 3.12. The molecule has 3 nitrogen and oxygen atoms in total. The molecule has 0 spiro atoms. The quantitative estimate of drug-likeness (QED) is 0.765. The van der Waals surface area contributed by atoms with Crippen molar-refractivity contribution < 1.29 is 9.90 Å². The third kappa shape index (κ3) is 2.12. The summed E-state index contributed by atoms with van der Waals surface area (Å²) in [5.41, 5.74) is 2.24. The normalized spacial score (nSPS) is 10.7. The third-order valence-electron chi connectivity index (χ3n) is 3.08. The van der Waals surface area contributed by atoms with E-state index < -0.39 is 5.97 Å². The molecule has 1 aromatic heterocycles. The van der Waals surface area contributed by atoms with E-state index in [1.807, 2.05) is 30.3 Å². The molecule has 0 amide bonds. The van der Waals surface area contributed by atoms with Crippen molar-refractivity contribution in [1.82, 2.24) is 4.98 Å². The first kappa shape index (κ1) is 12.6. The highest BCUT2D eigenvalue weighted by Gasteiger charge is 2.15. The predicted octanol–water partition coefficient (Wildman–Crippen LogP) is 4.25. The van der Waals surface area contributed by atoms with Crippen molar-refractivity contribution in [2.75, 3.05) is 0 Å². The van der Waals surface area contributed by atoms with Gasteiger partial charge in [0, 0.05) is 10.9 Å². The first-order valence-corrected chi connectivity index (χ1v) is 6.42. The van der Waals surface area contributed by atoms with Gasteiger partial charge in [0.15, 0.2) is 0 Å². The fourth-order valence-corrected chi connectivity index (χ4v) is 2.44. The molecule has 0 saturated heterocycles. The molecule has 0 atom stereocenters. The van der Waals surface area contributed by atoms with Crippen LogP contribution in [0.4, 0.5) is 0 Å². The Labute approximate surface area is 120 Å². The molecule has 2 aromatic carbocycles. The fourth-order valence-electron chi connectivity index (χ4n) is 2.17. The van der Waals surface area contributed by atoms with Crippen LogP contribution in [-0.2, 0) is 0 Å². The van der Waals surface area contributed by atoms with Crippen LogP contribution < -0.4 is 0 Å². The number of aromatic carboxylic acids is 1. The third-order valence-corrected chi connectivity index (χ3v) is 3.40. The molecular weight excluding hydrogens is 274 g/mol. The van der Waals surface area contributed by atoms with E-state index >= 15 is 0 Å². The van der Waals surface area contributed by atoms with Crippen LogP contribution in [-0.4, -0.2) is 16.1 Å².